The van der Waals surface area contributed by atoms with Crippen LogP contribution in [0.5, 0.6) is 0 Å². The lowest BCUT2D eigenvalue weighted by molar-refractivity contribution is -0.145. The standard InChI is InChI=1S/C11H13FN2O2/c1-16-11(15)9-6-13-14-10(9)7-2-4-8(12)5-3-7/h2-5,9-10,13-14H,6H2,1H3/t9-,10-/m0/s1. The maximum atomic E-state index is 12.8. The van der Waals surface area contributed by atoms with Crippen LogP contribution in [0.15, 0.2) is 24.3 Å². The van der Waals surface area contributed by atoms with Crippen molar-refractivity contribution in [2.45, 2.75) is 6.04 Å². The molecular formula is C11H13FN2O2. The number of halogens is 1. The van der Waals surface area contributed by atoms with Gasteiger partial charge in [0.15, 0.2) is 0 Å². The molecule has 1 heterocycles. The molecule has 5 heteroatoms. The van der Waals surface area contributed by atoms with Crippen molar-refractivity contribution in [3.63, 3.8) is 0 Å². The molecule has 2 atom stereocenters. The van der Waals surface area contributed by atoms with Gasteiger partial charge in [-0.3, -0.25) is 10.2 Å². The Morgan fingerprint density at radius 1 is 1.44 bits per heavy atom. The topological polar surface area (TPSA) is 50.4 Å². The van der Waals surface area contributed by atoms with Gasteiger partial charge in [0.05, 0.1) is 19.1 Å². The highest BCUT2D eigenvalue weighted by atomic mass is 19.1. The molecule has 2 N–H and O–H groups in total. The van der Waals surface area contributed by atoms with Crippen molar-refractivity contribution in [3.8, 4) is 0 Å². The Labute approximate surface area is 92.8 Å². The molecule has 1 saturated heterocycles. The largest absolute Gasteiger partial charge is 0.469 e. The van der Waals surface area contributed by atoms with E-state index in [0.29, 0.717) is 6.54 Å². The number of nitrogens with one attached hydrogen (secondary N) is 2. The van der Waals surface area contributed by atoms with Crippen molar-refractivity contribution >= 4 is 5.97 Å². The third-order valence-electron chi connectivity index (χ3n) is 2.71. The molecule has 0 spiro atoms. The van der Waals surface area contributed by atoms with Crippen LogP contribution in [0.1, 0.15) is 11.6 Å². The number of methoxy groups -OCH3 is 1. The summed E-state index contributed by atoms with van der Waals surface area (Å²) in [7, 11) is 1.36. The van der Waals surface area contributed by atoms with Crippen molar-refractivity contribution in [1.29, 1.82) is 0 Å². The van der Waals surface area contributed by atoms with Gasteiger partial charge >= 0.3 is 5.97 Å². The first-order valence-corrected chi connectivity index (χ1v) is 5.04. The average Bonchev–Trinajstić information content (AvgIpc) is 2.78. The minimum atomic E-state index is -0.288. The van der Waals surface area contributed by atoms with Crippen LogP contribution in [0, 0.1) is 11.7 Å². The third kappa shape index (κ3) is 2.05. The zero-order chi connectivity index (χ0) is 11.5. The smallest absolute Gasteiger partial charge is 0.312 e. The van der Waals surface area contributed by atoms with Crippen molar-refractivity contribution in [2.24, 2.45) is 5.92 Å². The summed E-state index contributed by atoms with van der Waals surface area (Å²) >= 11 is 0. The van der Waals surface area contributed by atoms with Crippen molar-refractivity contribution in [2.75, 3.05) is 13.7 Å². The zero-order valence-electron chi connectivity index (χ0n) is 8.87. The molecule has 0 radical (unpaired) electrons. The lowest BCUT2D eigenvalue weighted by Gasteiger charge is -2.16. The lowest BCUT2D eigenvalue weighted by atomic mass is 9.95. The number of hydrogen-bond donors (Lipinski definition) is 2. The predicted molar refractivity (Wildman–Crippen MR) is 55.8 cm³/mol. The second-order valence-electron chi connectivity index (χ2n) is 3.68. The van der Waals surface area contributed by atoms with Gasteiger partial charge in [-0.1, -0.05) is 12.1 Å². The minimum Gasteiger partial charge on any atom is -0.469 e. The van der Waals surface area contributed by atoms with E-state index in [0.717, 1.165) is 5.56 Å². The Hall–Kier alpha value is -1.46. The van der Waals surface area contributed by atoms with E-state index in [1.54, 1.807) is 12.1 Å². The molecule has 4 nitrogen and oxygen atoms in total. The molecule has 1 aliphatic heterocycles. The van der Waals surface area contributed by atoms with Gasteiger partial charge in [0.1, 0.15) is 5.82 Å². The van der Waals surface area contributed by atoms with E-state index in [9.17, 15) is 9.18 Å². The maximum Gasteiger partial charge on any atom is 0.312 e. The van der Waals surface area contributed by atoms with Crippen LogP contribution < -0.4 is 10.9 Å². The molecule has 0 saturated carbocycles. The lowest BCUT2D eigenvalue weighted by Crippen LogP contribution is -2.26. The molecule has 2 rings (SSSR count). The molecule has 1 aromatic carbocycles. The van der Waals surface area contributed by atoms with Crippen LogP contribution in [0.2, 0.25) is 0 Å². The van der Waals surface area contributed by atoms with Gasteiger partial charge in [0, 0.05) is 6.54 Å². The zero-order valence-corrected chi connectivity index (χ0v) is 8.87. The molecular weight excluding hydrogens is 211 g/mol. The van der Waals surface area contributed by atoms with E-state index in [2.05, 4.69) is 10.9 Å². The third-order valence-corrected chi connectivity index (χ3v) is 2.71. The number of ether oxygens (including phenoxy) is 1. The monoisotopic (exact) mass is 224 g/mol. The number of benzene rings is 1. The summed E-state index contributed by atoms with van der Waals surface area (Å²) in [5.74, 6) is -0.841. The molecule has 1 aliphatic rings. The first kappa shape index (κ1) is 11.0. The quantitative estimate of drug-likeness (QED) is 0.728. The SMILES string of the molecule is COC(=O)[C@H]1CNN[C@H]1c1ccc(F)cc1. The normalized spacial score (nSPS) is 24.4. The van der Waals surface area contributed by atoms with Crippen molar-refractivity contribution in [3.05, 3.63) is 35.6 Å². The number of carbonyl (C=O) groups excluding carboxylic acids is 1. The molecule has 0 amide bonds. The summed E-state index contributed by atoms with van der Waals surface area (Å²) in [5.41, 5.74) is 6.75. The van der Waals surface area contributed by atoms with Crippen LogP contribution in [0.4, 0.5) is 4.39 Å². The maximum absolute atomic E-state index is 12.8. The Balaban J connectivity index is 2.19. The van der Waals surface area contributed by atoms with Crippen LogP contribution >= 0.6 is 0 Å². The Morgan fingerprint density at radius 3 is 2.75 bits per heavy atom. The highest BCUT2D eigenvalue weighted by Gasteiger charge is 2.34. The molecule has 86 valence electrons. The van der Waals surface area contributed by atoms with Gasteiger partial charge < -0.3 is 4.74 Å². The summed E-state index contributed by atoms with van der Waals surface area (Å²) in [6, 6.07) is 5.91. The van der Waals surface area contributed by atoms with E-state index < -0.39 is 0 Å². The highest BCUT2D eigenvalue weighted by molar-refractivity contribution is 5.74. The first-order valence-electron chi connectivity index (χ1n) is 5.04. The first-order chi connectivity index (χ1) is 7.72. The summed E-state index contributed by atoms with van der Waals surface area (Å²) in [4.78, 5) is 11.5. The van der Waals surface area contributed by atoms with E-state index in [4.69, 9.17) is 4.74 Å². The summed E-state index contributed by atoms with van der Waals surface area (Å²) < 4.78 is 17.5. The summed E-state index contributed by atoms with van der Waals surface area (Å²) in [5, 5.41) is 0. The van der Waals surface area contributed by atoms with E-state index in [-0.39, 0.29) is 23.7 Å². The van der Waals surface area contributed by atoms with Crippen LogP contribution in [-0.2, 0) is 9.53 Å². The van der Waals surface area contributed by atoms with Gasteiger partial charge in [-0.15, -0.1) is 0 Å². The van der Waals surface area contributed by atoms with Crippen LogP contribution in [0.25, 0.3) is 0 Å². The second-order valence-corrected chi connectivity index (χ2v) is 3.68. The van der Waals surface area contributed by atoms with Gasteiger partial charge in [-0.25, -0.2) is 9.82 Å². The number of carbonyl (C=O) groups is 1. The number of hydrogen-bond acceptors (Lipinski definition) is 4. The molecule has 16 heavy (non-hydrogen) atoms. The fourth-order valence-electron chi connectivity index (χ4n) is 1.85. The fraction of sp³-hybridized carbons (Fsp3) is 0.364. The van der Waals surface area contributed by atoms with Crippen molar-refractivity contribution in [1.82, 2.24) is 10.9 Å². The van der Waals surface area contributed by atoms with E-state index in [1.807, 2.05) is 0 Å². The van der Waals surface area contributed by atoms with Crippen LogP contribution in [-0.4, -0.2) is 19.6 Å². The van der Waals surface area contributed by atoms with Gasteiger partial charge in [0.2, 0.25) is 0 Å². The van der Waals surface area contributed by atoms with Gasteiger partial charge in [0.25, 0.3) is 0 Å². The predicted octanol–water partition coefficient (Wildman–Crippen LogP) is 0.764. The van der Waals surface area contributed by atoms with Gasteiger partial charge in [-0.05, 0) is 17.7 Å². The average molecular weight is 224 g/mol. The Kier molecular flexibility index (Phi) is 3.17. The minimum absolute atomic E-state index is 0.173. The molecule has 0 aromatic heterocycles. The number of rotatable bonds is 2. The number of hydrazine groups is 1. The summed E-state index contributed by atoms with van der Waals surface area (Å²) in [6.07, 6.45) is 0. The van der Waals surface area contributed by atoms with E-state index in [1.165, 1.54) is 19.2 Å². The van der Waals surface area contributed by atoms with Gasteiger partial charge in [-0.2, -0.15) is 0 Å². The number of esters is 1. The Bertz CT molecular complexity index is 380. The molecule has 1 aromatic rings. The molecule has 0 unspecified atom stereocenters. The molecule has 0 bridgehead atoms. The summed E-state index contributed by atoms with van der Waals surface area (Å²) in [6.45, 7) is 0.509. The fourth-order valence-corrected chi connectivity index (χ4v) is 1.85. The second kappa shape index (κ2) is 4.59. The Morgan fingerprint density at radius 2 is 2.12 bits per heavy atom. The molecule has 0 aliphatic carbocycles. The van der Waals surface area contributed by atoms with Crippen LogP contribution in [0.3, 0.4) is 0 Å². The van der Waals surface area contributed by atoms with E-state index >= 15 is 0 Å². The molecule has 1 fully saturated rings. The van der Waals surface area contributed by atoms with Crippen molar-refractivity contribution < 1.29 is 13.9 Å². The highest BCUT2D eigenvalue weighted by Crippen LogP contribution is 2.25.